The fraction of sp³-hybridized carbons (Fsp3) is 0.571. The summed E-state index contributed by atoms with van der Waals surface area (Å²) in [7, 11) is 0. The van der Waals surface area contributed by atoms with Gasteiger partial charge in [0.05, 0.1) is 0 Å². The molecule has 152 valence electrons. The summed E-state index contributed by atoms with van der Waals surface area (Å²) in [4.78, 5) is 39.5. The van der Waals surface area contributed by atoms with Gasteiger partial charge < -0.3 is 10.2 Å². The number of carbonyl (C=O) groups is 3. The second kappa shape index (κ2) is 9.19. The second-order valence-electron chi connectivity index (χ2n) is 7.67. The van der Waals surface area contributed by atoms with E-state index in [4.69, 9.17) is 0 Å². The number of hydrogen-bond donors (Lipinski definition) is 2. The van der Waals surface area contributed by atoms with E-state index >= 15 is 0 Å². The third-order valence-electron chi connectivity index (χ3n) is 5.77. The first-order valence-electron chi connectivity index (χ1n) is 10.3. The van der Waals surface area contributed by atoms with Gasteiger partial charge in [0.1, 0.15) is 5.54 Å². The van der Waals surface area contributed by atoms with E-state index in [1.807, 2.05) is 18.2 Å². The van der Waals surface area contributed by atoms with Crippen molar-refractivity contribution < 1.29 is 14.4 Å². The first kappa shape index (κ1) is 20.3. The van der Waals surface area contributed by atoms with Gasteiger partial charge in [0.2, 0.25) is 5.91 Å². The number of hydrazine groups is 1. The molecular formula is C21H30N4O3. The molecule has 0 aromatic heterocycles. The summed E-state index contributed by atoms with van der Waals surface area (Å²) in [5.74, 6) is -0.628. The van der Waals surface area contributed by atoms with Gasteiger partial charge in [-0.15, -0.1) is 0 Å². The van der Waals surface area contributed by atoms with E-state index in [-0.39, 0.29) is 18.2 Å². The molecule has 1 spiro atoms. The Morgan fingerprint density at radius 2 is 1.86 bits per heavy atom. The molecule has 7 heteroatoms. The van der Waals surface area contributed by atoms with E-state index in [2.05, 4.69) is 34.7 Å². The molecule has 28 heavy (non-hydrogen) atoms. The van der Waals surface area contributed by atoms with E-state index in [1.54, 1.807) is 0 Å². The highest BCUT2D eigenvalue weighted by Crippen LogP contribution is 2.32. The van der Waals surface area contributed by atoms with Gasteiger partial charge in [-0.05, 0) is 31.4 Å². The summed E-state index contributed by atoms with van der Waals surface area (Å²) in [6.07, 6.45) is 5.37. The summed E-state index contributed by atoms with van der Waals surface area (Å²) in [6, 6.07) is 9.72. The van der Waals surface area contributed by atoms with Gasteiger partial charge in [0, 0.05) is 19.5 Å². The lowest BCUT2D eigenvalue weighted by Crippen LogP contribution is -2.51. The van der Waals surface area contributed by atoms with Crippen LogP contribution in [-0.4, -0.2) is 52.9 Å². The maximum Gasteiger partial charge on any atom is 0.344 e. The van der Waals surface area contributed by atoms with Gasteiger partial charge in [-0.2, -0.15) is 5.01 Å². The van der Waals surface area contributed by atoms with Gasteiger partial charge in [-0.3, -0.25) is 15.0 Å². The third kappa shape index (κ3) is 4.70. The van der Waals surface area contributed by atoms with Crippen molar-refractivity contribution in [2.45, 2.75) is 57.4 Å². The fourth-order valence-corrected chi connectivity index (χ4v) is 4.02. The fourth-order valence-electron chi connectivity index (χ4n) is 4.02. The lowest BCUT2D eigenvalue weighted by atomic mass is 9.82. The molecule has 0 unspecified atom stereocenters. The molecule has 3 rings (SSSR count). The van der Waals surface area contributed by atoms with Crippen LogP contribution in [0.3, 0.4) is 0 Å². The van der Waals surface area contributed by atoms with Crippen molar-refractivity contribution in [1.29, 1.82) is 0 Å². The van der Waals surface area contributed by atoms with Crippen molar-refractivity contribution in [2.24, 2.45) is 0 Å². The molecule has 0 bridgehead atoms. The van der Waals surface area contributed by atoms with E-state index in [0.717, 1.165) is 43.8 Å². The zero-order valence-corrected chi connectivity index (χ0v) is 16.6. The Labute approximate surface area is 166 Å². The highest BCUT2D eigenvalue weighted by atomic mass is 16.2. The molecule has 2 aliphatic rings. The summed E-state index contributed by atoms with van der Waals surface area (Å²) in [5, 5.41) is 3.68. The van der Waals surface area contributed by atoms with Crippen LogP contribution in [0.15, 0.2) is 30.3 Å². The smallest absolute Gasteiger partial charge is 0.322 e. The van der Waals surface area contributed by atoms with Crippen molar-refractivity contribution in [3.63, 3.8) is 0 Å². The topological polar surface area (TPSA) is 81.8 Å². The van der Waals surface area contributed by atoms with Crippen LogP contribution in [0.5, 0.6) is 0 Å². The van der Waals surface area contributed by atoms with Crippen LogP contribution in [0.25, 0.3) is 0 Å². The van der Waals surface area contributed by atoms with E-state index in [1.165, 1.54) is 5.56 Å². The average molecular weight is 386 g/mol. The molecule has 2 fully saturated rings. The van der Waals surface area contributed by atoms with Gasteiger partial charge in [-0.1, -0.05) is 56.5 Å². The zero-order valence-electron chi connectivity index (χ0n) is 16.6. The normalized spacial score (nSPS) is 18.6. The lowest BCUT2D eigenvalue weighted by molar-refractivity contribution is -0.140. The molecule has 7 nitrogen and oxygen atoms in total. The lowest BCUT2D eigenvalue weighted by Gasteiger charge is -2.30. The maximum atomic E-state index is 12.7. The van der Waals surface area contributed by atoms with E-state index in [9.17, 15) is 14.4 Å². The number of nitrogens with one attached hydrogen (secondary N) is 2. The Hall–Kier alpha value is -2.41. The number of benzene rings is 1. The molecule has 0 atom stereocenters. The minimum Gasteiger partial charge on any atom is -0.322 e. The first-order chi connectivity index (χ1) is 13.5. The molecule has 1 aliphatic heterocycles. The standard InChI is InChI=1S/C21H30N4O3/c1-2-24(15-11-17-9-5-3-6-10-17)16-12-18(26)23-25-19(27)21(22-20(25)28)13-7-4-8-14-21/h3,5-6,9-10H,2,4,7-8,11-16H2,1H3,(H,22,28)(H,23,26). The Morgan fingerprint density at radius 3 is 2.54 bits per heavy atom. The Bertz CT molecular complexity index is 701. The van der Waals surface area contributed by atoms with Crippen molar-refractivity contribution in [3.8, 4) is 0 Å². The molecule has 1 aromatic rings. The Balaban J connectivity index is 1.46. The van der Waals surface area contributed by atoms with Crippen LogP contribution in [0, 0.1) is 0 Å². The number of carbonyl (C=O) groups excluding carboxylic acids is 3. The average Bonchev–Trinajstić information content (AvgIpc) is 2.93. The number of imide groups is 1. The van der Waals surface area contributed by atoms with E-state index in [0.29, 0.717) is 19.4 Å². The Kier molecular flexibility index (Phi) is 6.67. The molecule has 0 radical (unpaired) electrons. The third-order valence-corrected chi connectivity index (χ3v) is 5.77. The molecule has 1 aliphatic carbocycles. The zero-order chi connectivity index (χ0) is 20.0. The number of likely N-dealkylation sites (N-methyl/N-ethyl adjacent to an activating group) is 1. The van der Waals surface area contributed by atoms with Crippen LogP contribution >= 0.6 is 0 Å². The van der Waals surface area contributed by atoms with Crippen LogP contribution in [0.1, 0.15) is 51.0 Å². The number of urea groups is 1. The van der Waals surface area contributed by atoms with E-state index < -0.39 is 11.6 Å². The van der Waals surface area contributed by atoms with Crippen LogP contribution < -0.4 is 10.7 Å². The largest absolute Gasteiger partial charge is 0.344 e. The quantitative estimate of drug-likeness (QED) is 0.672. The van der Waals surface area contributed by atoms with Crippen molar-refractivity contribution in [1.82, 2.24) is 20.7 Å². The molecule has 1 saturated heterocycles. The van der Waals surface area contributed by atoms with Crippen molar-refractivity contribution in [3.05, 3.63) is 35.9 Å². The molecule has 1 heterocycles. The predicted octanol–water partition coefficient (Wildman–Crippen LogP) is 2.23. The summed E-state index contributed by atoms with van der Waals surface area (Å²) >= 11 is 0. The monoisotopic (exact) mass is 386 g/mol. The first-order valence-corrected chi connectivity index (χ1v) is 10.3. The highest BCUT2D eigenvalue weighted by molar-refractivity contribution is 6.08. The molecule has 1 saturated carbocycles. The summed E-state index contributed by atoms with van der Waals surface area (Å²) in [6.45, 7) is 4.35. The molecular weight excluding hydrogens is 356 g/mol. The Morgan fingerprint density at radius 1 is 1.14 bits per heavy atom. The molecule has 4 amide bonds. The molecule has 2 N–H and O–H groups in total. The minimum atomic E-state index is -0.812. The van der Waals surface area contributed by atoms with Crippen LogP contribution in [0.2, 0.25) is 0 Å². The van der Waals surface area contributed by atoms with Gasteiger partial charge in [0.25, 0.3) is 5.91 Å². The predicted molar refractivity (Wildman–Crippen MR) is 106 cm³/mol. The SMILES string of the molecule is CCN(CCC(=O)NN1C(=O)NC2(CCCCC2)C1=O)CCc1ccccc1. The van der Waals surface area contributed by atoms with Gasteiger partial charge in [0.15, 0.2) is 0 Å². The van der Waals surface area contributed by atoms with Crippen LogP contribution in [0.4, 0.5) is 4.79 Å². The number of rotatable bonds is 8. The second-order valence-corrected chi connectivity index (χ2v) is 7.67. The number of amides is 4. The van der Waals surface area contributed by atoms with Gasteiger partial charge in [-0.25, -0.2) is 4.79 Å². The van der Waals surface area contributed by atoms with Crippen LogP contribution in [-0.2, 0) is 16.0 Å². The van der Waals surface area contributed by atoms with Crippen molar-refractivity contribution >= 4 is 17.8 Å². The highest BCUT2D eigenvalue weighted by Gasteiger charge is 2.52. The maximum absolute atomic E-state index is 12.7. The minimum absolute atomic E-state index is 0.243. The number of hydrogen-bond acceptors (Lipinski definition) is 4. The summed E-state index contributed by atoms with van der Waals surface area (Å²) in [5.41, 5.74) is 2.96. The van der Waals surface area contributed by atoms with Gasteiger partial charge >= 0.3 is 6.03 Å². The summed E-state index contributed by atoms with van der Waals surface area (Å²) < 4.78 is 0. The molecule has 1 aromatic carbocycles. The number of nitrogens with zero attached hydrogens (tertiary/aromatic N) is 2. The van der Waals surface area contributed by atoms with Crippen molar-refractivity contribution in [2.75, 3.05) is 19.6 Å².